The van der Waals surface area contributed by atoms with Gasteiger partial charge in [0.15, 0.2) is 6.61 Å². The van der Waals surface area contributed by atoms with Gasteiger partial charge in [-0.3, -0.25) is 9.59 Å². The first kappa shape index (κ1) is 25.5. The van der Waals surface area contributed by atoms with Crippen LogP contribution in [0.5, 0.6) is 5.75 Å². The Labute approximate surface area is 202 Å². The molecule has 0 aliphatic carbocycles. The third-order valence-electron chi connectivity index (χ3n) is 5.02. The number of carbonyl (C=O) groups excluding carboxylic acids is 2. The van der Waals surface area contributed by atoms with Crippen LogP contribution >= 0.6 is 39.1 Å². The Hall–Kier alpha value is -1.76. The van der Waals surface area contributed by atoms with Gasteiger partial charge in [-0.2, -0.15) is 0 Å². The van der Waals surface area contributed by atoms with Gasteiger partial charge in [-0.15, -0.1) is 0 Å². The molecule has 2 rings (SSSR count). The highest BCUT2D eigenvalue weighted by molar-refractivity contribution is 9.10. The second-order valence-electron chi connectivity index (χ2n) is 7.45. The smallest absolute Gasteiger partial charge is 0.261 e. The van der Waals surface area contributed by atoms with Crippen molar-refractivity contribution >= 4 is 50.9 Å². The van der Waals surface area contributed by atoms with Crippen LogP contribution in [-0.2, 0) is 16.1 Å². The molecule has 0 aliphatic heterocycles. The fraction of sp³-hybridized carbons (Fsp3) is 0.391. The highest BCUT2D eigenvalue weighted by Crippen LogP contribution is 2.24. The summed E-state index contributed by atoms with van der Waals surface area (Å²) in [5, 5.41) is 3.87. The van der Waals surface area contributed by atoms with Crippen LogP contribution in [0.4, 0.5) is 0 Å². The highest BCUT2D eigenvalue weighted by Gasteiger charge is 2.27. The second-order valence-corrected chi connectivity index (χ2v) is 9.15. The first-order chi connectivity index (χ1) is 14.6. The van der Waals surface area contributed by atoms with Crippen LogP contribution in [0.1, 0.15) is 38.3 Å². The zero-order chi connectivity index (χ0) is 23.1. The molecule has 0 unspecified atom stereocenters. The first-order valence-corrected chi connectivity index (χ1v) is 11.6. The number of nitrogens with one attached hydrogen (secondary N) is 1. The maximum absolute atomic E-state index is 13.1. The van der Waals surface area contributed by atoms with Gasteiger partial charge in [-0.1, -0.05) is 52.1 Å². The minimum Gasteiger partial charge on any atom is -0.484 e. The van der Waals surface area contributed by atoms with Gasteiger partial charge in [0, 0.05) is 27.1 Å². The van der Waals surface area contributed by atoms with Crippen molar-refractivity contribution < 1.29 is 14.3 Å². The van der Waals surface area contributed by atoms with Crippen molar-refractivity contribution in [3.63, 3.8) is 0 Å². The molecule has 31 heavy (non-hydrogen) atoms. The van der Waals surface area contributed by atoms with Crippen molar-refractivity contribution in [2.45, 2.75) is 52.7 Å². The van der Waals surface area contributed by atoms with Gasteiger partial charge in [0.25, 0.3) is 5.91 Å². The quantitative estimate of drug-likeness (QED) is 0.448. The van der Waals surface area contributed by atoms with Gasteiger partial charge in [-0.05, 0) is 68.7 Å². The predicted octanol–water partition coefficient (Wildman–Crippen LogP) is 5.78. The van der Waals surface area contributed by atoms with Crippen LogP contribution in [0, 0.1) is 6.92 Å². The van der Waals surface area contributed by atoms with E-state index in [0.717, 1.165) is 16.5 Å². The van der Waals surface area contributed by atoms with Gasteiger partial charge < -0.3 is 15.0 Å². The Morgan fingerprint density at radius 3 is 2.48 bits per heavy atom. The number of hydrogen-bond acceptors (Lipinski definition) is 3. The lowest BCUT2D eigenvalue weighted by Crippen LogP contribution is -2.50. The lowest BCUT2D eigenvalue weighted by molar-refractivity contribution is -0.142. The van der Waals surface area contributed by atoms with E-state index in [-0.39, 0.29) is 31.0 Å². The molecule has 1 N–H and O–H groups in total. The molecule has 0 fully saturated rings. The third kappa shape index (κ3) is 7.41. The molecule has 2 aromatic rings. The Balaban J connectivity index is 2.21. The number of aryl methyl sites for hydroxylation is 1. The largest absolute Gasteiger partial charge is 0.484 e. The van der Waals surface area contributed by atoms with Crippen LogP contribution in [0.15, 0.2) is 40.9 Å². The van der Waals surface area contributed by atoms with Crippen LogP contribution in [0.3, 0.4) is 0 Å². The summed E-state index contributed by atoms with van der Waals surface area (Å²) in [6, 6.07) is 9.87. The number of benzene rings is 2. The van der Waals surface area contributed by atoms with Gasteiger partial charge in [0.2, 0.25) is 5.91 Å². The van der Waals surface area contributed by atoms with Crippen LogP contribution < -0.4 is 10.1 Å². The summed E-state index contributed by atoms with van der Waals surface area (Å²) in [6.45, 7) is 7.50. The van der Waals surface area contributed by atoms with Crippen molar-refractivity contribution in [1.29, 1.82) is 0 Å². The molecule has 0 saturated heterocycles. The maximum atomic E-state index is 13.1. The average molecular weight is 530 g/mol. The second kappa shape index (κ2) is 11.7. The van der Waals surface area contributed by atoms with Crippen molar-refractivity contribution in [2.24, 2.45) is 0 Å². The van der Waals surface area contributed by atoms with Crippen molar-refractivity contribution in [2.75, 3.05) is 6.61 Å². The van der Waals surface area contributed by atoms with E-state index < -0.39 is 6.04 Å². The van der Waals surface area contributed by atoms with Gasteiger partial charge in [-0.25, -0.2) is 0 Å². The maximum Gasteiger partial charge on any atom is 0.261 e. The SMILES string of the molecule is CC[C@H](C)NC(=O)[C@@H](C)N(Cc1ccc(Cl)cc1Cl)C(=O)COc1ccc(Br)c(C)c1. The lowest BCUT2D eigenvalue weighted by atomic mass is 10.1. The van der Waals surface area contributed by atoms with E-state index in [9.17, 15) is 9.59 Å². The van der Waals surface area contributed by atoms with Crippen molar-refractivity contribution in [3.8, 4) is 5.75 Å². The molecule has 2 atom stereocenters. The molecule has 0 aromatic heterocycles. The van der Waals surface area contributed by atoms with Crippen LogP contribution in [0.2, 0.25) is 10.0 Å². The molecule has 2 amide bonds. The number of ether oxygens (including phenoxy) is 1. The van der Waals surface area contributed by atoms with Gasteiger partial charge in [0.05, 0.1) is 0 Å². The monoisotopic (exact) mass is 528 g/mol. The molecule has 0 radical (unpaired) electrons. The van der Waals surface area contributed by atoms with E-state index in [1.54, 1.807) is 31.2 Å². The fourth-order valence-corrected chi connectivity index (χ4v) is 3.53. The Bertz CT molecular complexity index is 939. The highest BCUT2D eigenvalue weighted by atomic mass is 79.9. The number of halogens is 3. The Morgan fingerprint density at radius 1 is 1.16 bits per heavy atom. The number of rotatable bonds is 9. The summed E-state index contributed by atoms with van der Waals surface area (Å²) in [7, 11) is 0. The number of carbonyl (C=O) groups is 2. The molecule has 0 heterocycles. The summed E-state index contributed by atoms with van der Waals surface area (Å²) < 4.78 is 6.66. The predicted molar refractivity (Wildman–Crippen MR) is 129 cm³/mol. The third-order valence-corrected chi connectivity index (χ3v) is 6.49. The van der Waals surface area contributed by atoms with E-state index >= 15 is 0 Å². The van der Waals surface area contributed by atoms with E-state index in [0.29, 0.717) is 21.4 Å². The van der Waals surface area contributed by atoms with Gasteiger partial charge in [0.1, 0.15) is 11.8 Å². The van der Waals surface area contributed by atoms with E-state index in [1.807, 2.05) is 32.9 Å². The van der Waals surface area contributed by atoms with Gasteiger partial charge >= 0.3 is 0 Å². The molecule has 5 nitrogen and oxygen atoms in total. The summed E-state index contributed by atoms with van der Waals surface area (Å²) in [6.07, 6.45) is 0.793. The molecular formula is C23H27BrCl2N2O3. The zero-order valence-corrected chi connectivity index (χ0v) is 21.1. The Kier molecular flexibility index (Phi) is 9.66. The standard InChI is InChI=1S/C23H27BrCl2N2O3/c1-5-15(3)27-23(30)16(4)28(12-17-6-7-18(25)11-21(17)26)22(29)13-31-19-8-9-20(24)14(2)10-19/h6-11,15-16H,5,12-13H2,1-4H3,(H,27,30)/t15-,16+/m0/s1. The molecule has 0 spiro atoms. The van der Waals surface area contributed by atoms with Crippen molar-refractivity contribution in [1.82, 2.24) is 10.2 Å². The van der Waals surface area contributed by atoms with E-state index in [2.05, 4.69) is 21.2 Å². The minimum absolute atomic E-state index is 0.00742. The van der Waals surface area contributed by atoms with Crippen molar-refractivity contribution in [3.05, 3.63) is 62.0 Å². The molecule has 2 aromatic carbocycles. The zero-order valence-electron chi connectivity index (χ0n) is 18.0. The molecule has 168 valence electrons. The normalized spacial score (nSPS) is 12.7. The molecule has 8 heteroatoms. The summed E-state index contributed by atoms with van der Waals surface area (Å²) in [5.74, 6) is 0.0286. The van der Waals surface area contributed by atoms with Crippen LogP contribution in [0.25, 0.3) is 0 Å². The number of hydrogen-bond donors (Lipinski definition) is 1. The number of amides is 2. The summed E-state index contributed by atoms with van der Waals surface area (Å²) >= 11 is 15.8. The number of nitrogens with zero attached hydrogens (tertiary/aromatic N) is 1. The summed E-state index contributed by atoms with van der Waals surface area (Å²) in [5.41, 5.74) is 1.69. The Morgan fingerprint density at radius 2 is 1.87 bits per heavy atom. The molecule has 0 bridgehead atoms. The molecule has 0 aliphatic rings. The molecule has 0 saturated carbocycles. The summed E-state index contributed by atoms with van der Waals surface area (Å²) in [4.78, 5) is 27.3. The fourth-order valence-electron chi connectivity index (χ4n) is 2.82. The van der Waals surface area contributed by atoms with E-state index in [4.69, 9.17) is 27.9 Å². The minimum atomic E-state index is -0.705. The molecular weight excluding hydrogens is 503 g/mol. The lowest BCUT2D eigenvalue weighted by Gasteiger charge is -2.30. The van der Waals surface area contributed by atoms with Crippen LogP contribution in [-0.4, -0.2) is 35.4 Å². The van der Waals surface area contributed by atoms with E-state index in [1.165, 1.54) is 4.90 Å². The topological polar surface area (TPSA) is 58.6 Å². The average Bonchev–Trinajstić information content (AvgIpc) is 2.73. The first-order valence-electron chi connectivity index (χ1n) is 10.0.